The molecular weight excluding hydrogens is 440 g/mol. The van der Waals surface area contributed by atoms with Gasteiger partial charge in [-0.25, -0.2) is 0 Å². The van der Waals surface area contributed by atoms with Gasteiger partial charge in [-0.05, 0) is 23.3 Å². The molecule has 3 aromatic carbocycles. The van der Waals surface area contributed by atoms with E-state index in [1.807, 2.05) is 6.07 Å². The maximum Gasteiger partial charge on any atom is 0.312 e. The number of carbonyl (C=O) groups is 1. The van der Waals surface area contributed by atoms with Crippen LogP contribution in [0.2, 0.25) is 0 Å². The normalized spacial score (nSPS) is 15.0. The van der Waals surface area contributed by atoms with Crippen molar-refractivity contribution < 1.29 is 33.6 Å². The highest BCUT2D eigenvalue weighted by molar-refractivity contribution is 5.94. The summed E-state index contributed by atoms with van der Waals surface area (Å²) in [7, 11) is 2.80. The van der Waals surface area contributed by atoms with Crippen LogP contribution in [-0.2, 0) is 4.79 Å². The lowest BCUT2D eigenvalue weighted by Gasteiger charge is -2.26. The number of aromatic hydroxyl groups is 2. The Hall–Kier alpha value is -4.46. The maximum atomic E-state index is 13.4. The van der Waals surface area contributed by atoms with Crippen LogP contribution in [0.3, 0.4) is 0 Å². The number of methoxy groups -OCH3 is 2. The van der Waals surface area contributed by atoms with Crippen molar-refractivity contribution in [3.05, 3.63) is 76.1 Å². The molecule has 1 aromatic heterocycles. The molecule has 1 atom stereocenters. The highest BCUT2D eigenvalue weighted by Gasteiger charge is 2.34. The molecule has 0 radical (unpaired) electrons. The quantitative estimate of drug-likeness (QED) is 0.342. The van der Waals surface area contributed by atoms with Crippen molar-refractivity contribution in [2.75, 3.05) is 14.2 Å². The van der Waals surface area contributed by atoms with E-state index in [0.29, 0.717) is 22.3 Å². The number of phenols is 2. The Bertz CT molecular complexity index is 1460. The Morgan fingerprint density at radius 1 is 0.971 bits per heavy atom. The van der Waals surface area contributed by atoms with E-state index < -0.39 is 17.3 Å². The maximum absolute atomic E-state index is 13.4. The Kier molecular flexibility index (Phi) is 5.13. The van der Waals surface area contributed by atoms with E-state index in [-0.39, 0.29) is 46.1 Å². The fraction of sp³-hybridized carbons (Fsp3) is 0.154. The number of rotatable bonds is 4. The molecule has 1 aliphatic rings. The van der Waals surface area contributed by atoms with E-state index in [9.17, 15) is 19.8 Å². The molecule has 4 aromatic rings. The largest absolute Gasteiger partial charge is 0.507 e. The standard InChI is InChI=1S/C26H20O8/c1-31-19-8-14(9-20(32-2)25(19)30)15-10-21(28)34-18-11-17(27)23-24(29)16(12-33-26(23)22(15)18)13-6-4-3-5-7-13/h3-9,11-12,15,27,30H,10H2,1-2H3/t15-/m1/s1. The zero-order valence-corrected chi connectivity index (χ0v) is 18.3. The minimum absolute atomic E-state index is 0.0132. The van der Waals surface area contributed by atoms with Crippen molar-refractivity contribution in [2.45, 2.75) is 12.3 Å². The van der Waals surface area contributed by atoms with Gasteiger partial charge in [-0.2, -0.15) is 0 Å². The van der Waals surface area contributed by atoms with Crippen molar-refractivity contribution in [1.82, 2.24) is 0 Å². The minimum Gasteiger partial charge on any atom is -0.507 e. The van der Waals surface area contributed by atoms with Gasteiger partial charge in [-0.1, -0.05) is 30.3 Å². The first-order valence-corrected chi connectivity index (χ1v) is 10.4. The Morgan fingerprint density at radius 3 is 2.29 bits per heavy atom. The van der Waals surface area contributed by atoms with E-state index in [1.54, 1.807) is 36.4 Å². The number of carbonyl (C=O) groups excluding carboxylic acids is 1. The lowest BCUT2D eigenvalue weighted by Crippen LogP contribution is -2.22. The van der Waals surface area contributed by atoms with Crippen LogP contribution in [0.25, 0.3) is 22.1 Å². The smallest absolute Gasteiger partial charge is 0.312 e. The van der Waals surface area contributed by atoms with E-state index in [4.69, 9.17) is 18.6 Å². The molecule has 8 nitrogen and oxygen atoms in total. The second-order valence-electron chi connectivity index (χ2n) is 7.86. The van der Waals surface area contributed by atoms with Gasteiger partial charge in [0.05, 0.1) is 26.2 Å². The number of fused-ring (bicyclic) bond motifs is 3. The third-order valence-corrected chi connectivity index (χ3v) is 5.96. The Balaban J connectivity index is 1.79. The lowest BCUT2D eigenvalue weighted by atomic mass is 9.84. The summed E-state index contributed by atoms with van der Waals surface area (Å²) in [5.41, 5.74) is 1.64. The van der Waals surface area contributed by atoms with Crippen LogP contribution in [0.15, 0.2) is 64.0 Å². The fourth-order valence-electron chi connectivity index (χ4n) is 4.35. The van der Waals surface area contributed by atoms with E-state index in [1.165, 1.54) is 26.5 Å². The number of ether oxygens (including phenoxy) is 3. The average molecular weight is 460 g/mol. The molecule has 1 aliphatic heterocycles. The Labute approximate surface area is 193 Å². The molecule has 172 valence electrons. The van der Waals surface area contributed by atoms with Crippen molar-refractivity contribution >= 4 is 16.9 Å². The van der Waals surface area contributed by atoms with E-state index in [0.717, 1.165) is 0 Å². The average Bonchev–Trinajstić information content (AvgIpc) is 2.84. The zero-order chi connectivity index (χ0) is 24.0. The molecule has 2 heterocycles. The summed E-state index contributed by atoms with van der Waals surface area (Å²) < 4.78 is 21.8. The van der Waals surface area contributed by atoms with E-state index in [2.05, 4.69) is 0 Å². The predicted octanol–water partition coefficient (Wildman–Crippen LogP) is 4.33. The molecule has 0 fully saturated rings. The first kappa shape index (κ1) is 21.4. The Morgan fingerprint density at radius 2 is 1.65 bits per heavy atom. The van der Waals surface area contributed by atoms with Gasteiger partial charge < -0.3 is 28.8 Å². The van der Waals surface area contributed by atoms with Gasteiger partial charge in [0.1, 0.15) is 28.7 Å². The molecule has 0 saturated carbocycles. The summed E-state index contributed by atoms with van der Waals surface area (Å²) in [5, 5.41) is 21.0. The summed E-state index contributed by atoms with van der Waals surface area (Å²) in [5.74, 6) is -1.26. The topological polar surface area (TPSA) is 115 Å². The molecule has 0 bridgehead atoms. The number of benzene rings is 3. The van der Waals surface area contributed by atoms with Gasteiger partial charge in [-0.3, -0.25) is 9.59 Å². The summed E-state index contributed by atoms with van der Waals surface area (Å²) in [6, 6.07) is 13.4. The number of hydrogen-bond acceptors (Lipinski definition) is 8. The minimum atomic E-state index is -0.617. The molecule has 5 rings (SSSR count). The van der Waals surface area contributed by atoms with Crippen LogP contribution in [0.5, 0.6) is 28.7 Å². The van der Waals surface area contributed by atoms with Crippen LogP contribution in [0.4, 0.5) is 0 Å². The zero-order valence-electron chi connectivity index (χ0n) is 18.3. The van der Waals surface area contributed by atoms with Gasteiger partial charge in [0.15, 0.2) is 11.5 Å². The number of esters is 1. The summed E-state index contributed by atoms with van der Waals surface area (Å²) in [4.78, 5) is 25.8. The SMILES string of the molecule is COc1cc([C@H]2CC(=O)Oc3cc(O)c4c(=O)c(-c5ccccc5)coc4c32)cc(OC)c1O. The van der Waals surface area contributed by atoms with Gasteiger partial charge in [0.2, 0.25) is 11.2 Å². The van der Waals surface area contributed by atoms with Crippen molar-refractivity contribution in [3.63, 3.8) is 0 Å². The van der Waals surface area contributed by atoms with Crippen molar-refractivity contribution in [2.24, 2.45) is 0 Å². The molecule has 0 saturated heterocycles. The molecule has 0 aliphatic carbocycles. The van der Waals surface area contributed by atoms with Crippen molar-refractivity contribution in [3.8, 4) is 39.9 Å². The van der Waals surface area contributed by atoms with Crippen LogP contribution in [0.1, 0.15) is 23.5 Å². The molecular formula is C26H20O8. The van der Waals surface area contributed by atoms with Gasteiger partial charge in [0.25, 0.3) is 0 Å². The van der Waals surface area contributed by atoms with Gasteiger partial charge in [-0.15, -0.1) is 0 Å². The second kappa shape index (κ2) is 8.15. The number of hydrogen-bond donors (Lipinski definition) is 2. The van der Waals surface area contributed by atoms with Gasteiger partial charge >= 0.3 is 5.97 Å². The summed E-state index contributed by atoms with van der Waals surface area (Å²) >= 11 is 0. The van der Waals surface area contributed by atoms with Crippen LogP contribution in [0, 0.1) is 0 Å². The lowest BCUT2D eigenvalue weighted by molar-refractivity contribution is -0.135. The fourth-order valence-corrected chi connectivity index (χ4v) is 4.35. The first-order chi connectivity index (χ1) is 16.4. The van der Waals surface area contributed by atoms with Crippen LogP contribution in [-0.4, -0.2) is 30.4 Å². The van der Waals surface area contributed by atoms with E-state index >= 15 is 0 Å². The molecule has 0 spiro atoms. The highest BCUT2D eigenvalue weighted by atomic mass is 16.5. The first-order valence-electron chi connectivity index (χ1n) is 10.4. The number of phenolic OH excluding ortho intramolecular Hbond substituents is 2. The van der Waals surface area contributed by atoms with Gasteiger partial charge in [0, 0.05) is 17.5 Å². The van der Waals surface area contributed by atoms with Crippen LogP contribution >= 0.6 is 0 Å². The second-order valence-corrected chi connectivity index (χ2v) is 7.86. The summed E-state index contributed by atoms with van der Waals surface area (Å²) in [6.45, 7) is 0. The molecule has 2 N–H and O–H groups in total. The van der Waals surface area contributed by atoms with Crippen molar-refractivity contribution in [1.29, 1.82) is 0 Å². The predicted molar refractivity (Wildman–Crippen MR) is 123 cm³/mol. The molecule has 0 unspecified atom stereocenters. The molecule has 8 heteroatoms. The summed E-state index contributed by atoms with van der Waals surface area (Å²) in [6.07, 6.45) is 1.28. The molecule has 34 heavy (non-hydrogen) atoms. The highest BCUT2D eigenvalue weighted by Crippen LogP contribution is 2.48. The van der Waals surface area contributed by atoms with Crippen LogP contribution < -0.4 is 19.6 Å². The third kappa shape index (κ3) is 3.31. The third-order valence-electron chi connectivity index (χ3n) is 5.96. The monoisotopic (exact) mass is 460 g/mol. The molecule has 0 amide bonds.